The van der Waals surface area contributed by atoms with Gasteiger partial charge in [-0.05, 0) is 32.9 Å². The quantitative estimate of drug-likeness (QED) is 0.733. The van der Waals surface area contributed by atoms with Gasteiger partial charge in [-0.15, -0.1) is 0 Å². The van der Waals surface area contributed by atoms with Crippen LogP contribution in [0.4, 0.5) is 5.69 Å². The molecule has 20 heavy (non-hydrogen) atoms. The zero-order valence-corrected chi connectivity index (χ0v) is 13.4. The maximum Gasteiger partial charge on any atom is 0.133 e. The maximum absolute atomic E-state index is 2.28. The van der Waals surface area contributed by atoms with E-state index in [0.717, 1.165) is 24.1 Å². The molecule has 0 saturated heterocycles. The Kier molecular flexibility index (Phi) is 6.25. The average molecular weight is 290 g/mol. The highest BCUT2D eigenvalue weighted by atomic mass is 35.5. The van der Waals surface area contributed by atoms with E-state index < -0.39 is 0 Å². The Morgan fingerprint density at radius 2 is 1.35 bits per heavy atom. The Hall–Kier alpha value is -1.31. The van der Waals surface area contributed by atoms with E-state index in [1.807, 2.05) is 0 Å². The van der Waals surface area contributed by atoms with Gasteiger partial charge in [0.05, 0.1) is 13.1 Å². The van der Waals surface area contributed by atoms with Crippen LogP contribution in [0.1, 0.15) is 25.0 Å². The van der Waals surface area contributed by atoms with Crippen molar-refractivity contribution in [3.05, 3.63) is 65.7 Å². The molecule has 0 atom stereocenters. The summed E-state index contributed by atoms with van der Waals surface area (Å²) in [5.41, 5.74) is 4.15. The first-order valence-electron chi connectivity index (χ1n) is 7.17. The molecule has 0 bridgehead atoms. The summed E-state index contributed by atoms with van der Waals surface area (Å²) < 4.78 is 1.02. The van der Waals surface area contributed by atoms with Gasteiger partial charge in [0.25, 0.3) is 0 Å². The van der Waals surface area contributed by atoms with Crippen LogP contribution < -0.4 is 16.9 Å². The van der Waals surface area contributed by atoms with Crippen LogP contribution in [0.2, 0.25) is 0 Å². The molecule has 0 heterocycles. The minimum atomic E-state index is 0. The van der Waals surface area contributed by atoms with Crippen molar-refractivity contribution in [1.29, 1.82) is 0 Å². The number of aryl methyl sites for hydroxylation is 1. The van der Waals surface area contributed by atoms with E-state index in [2.05, 4.69) is 75.4 Å². The number of hydrogen-bond acceptors (Lipinski definition) is 0. The van der Waals surface area contributed by atoms with Crippen molar-refractivity contribution in [3.8, 4) is 0 Å². The third-order valence-electron chi connectivity index (χ3n) is 4.12. The Morgan fingerprint density at radius 1 is 0.800 bits per heavy atom. The lowest BCUT2D eigenvalue weighted by Gasteiger charge is -2.36. The van der Waals surface area contributed by atoms with Gasteiger partial charge in [-0.1, -0.05) is 48.0 Å². The van der Waals surface area contributed by atoms with Crippen molar-refractivity contribution in [2.45, 2.75) is 27.3 Å². The van der Waals surface area contributed by atoms with E-state index in [0.29, 0.717) is 0 Å². The number of benzene rings is 2. The lowest BCUT2D eigenvalue weighted by molar-refractivity contribution is -0.00000408. The van der Waals surface area contributed by atoms with Crippen LogP contribution in [0.3, 0.4) is 0 Å². The zero-order chi connectivity index (χ0) is 13.7. The molecule has 0 unspecified atom stereocenters. The third kappa shape index (κ3) is 3.62. The zero-order valence-electron chi connectivity index (χ0n) is 12.6. The molecule has 0 aliphatic heterocycles. The molecule has 0 radical (unpaired) electrons. The molecule has 0 aliphatic rings. The van der Waals surface area contributed by atoms with Gasteiger partial charge in [-0.3, -0.25) is 4.48 Å². The molecule has 2 rings (SSSR count). The van der Waals surface area contributed by atoms with Crippen molar-refractivity contribution >= 4 is 5.69 Å². The minimum absolute atomic E-state index is 0. The molecule has 1 nitrogen and oxygen atoms in total. The molecule has 2 aromatic rings. The first-order valence-corrected chi connectivity index (χ1v) is 7.17. The first-order chi connectivity index (χ1) is 9.20. The molecule has 0 spiro atoms. The van der Waals surface area contributed by atoms with Gasteiger partial charge in [0.1, 0.15) is 12.2 Å². The Labute approximate surface area is 129 Å². The summed E-state index contributed by atoms with van der Waals surface area (Å²) in [5, 5.41) is 0. The lowest BCUT2D eigenvalue weighted by Crippen LogP contribution is -3.00. The summed E-state index contributed by atoms with van der Waals surface area (Å²) in [4.78, 5) is 0. The second-order valence-electron chi connectivity index (χ2n) is 5.26. The molecular weight excluding hydrogens is 266 g/mol. The van der Waals surface area contributed by atoms with Gasteiger partial charge in [-0.25, -0.2) is 0 Å². The smallest absolute Gasteiger partial charge is 0.133 e. The molecule has 0 aliphatic carbocycles. The number of quaternary nitrogens is 1. The van der Waals surface area contributed by atoms with E-state index >= 15 is 0 Å². The van der Waals surface area contributed by atoms with E-state index in [4.69, 9.17) is 0 Å². The summed E-state index contributed by atoms with van der Waals surface area (Å²) in [5.74, 6) is 0. The van der Waals surface area contributed by atoms with Crippen molar-refractivity contribution in [3.63, 3.8) is 0 Å². The standard InChI is InChI=1S/C18H24N.ClH/c1-4-19(5-2,15-17-9-7-6-8-10-17)18-13-11-16(3)12-14-18;/h6-14H,4-5,15H2,1-3H3;1H/q+1;/p-1. The van der Waals surface area contributed by atoms with Crippen LogP contribution in [0.15, 0.2) is 54.6 Å². The fourth-order valence-electron chi connectivity index (χ4n) is 2.70. The number of hydrogen-bond donors (Lipinski definition) is 0. The van der Waals surface area contributed by atoms with Crippen molar-refractivity contribution < 1.29 is 12.4 Å². The second-order valence-corrected chi connectivity index (χ2v) is 5.26. The number of rotatable bonds is 5. The summed E-state index contributed by atoms with van der Waals surface area (Å²) in [7, 11) is 0. The Morgan fingerprint density at radius 3 is 1.85 bits per heavy atom. The summed E-state index contributed by atoms with van der Waals surface area (Å²) in [6, 6.07) is 19.8. The van der Waals surface area contributed by atoms with Crippen molar-refractivity contribution in [2.75, 3.05) is 13.1 Å². The monoisotopic (exact) mass is 289 g/mol. The van der Waals surface area contributed by atoms with Crippen LogP contribution in [0.25, 0.3) is 0 Å². The molecule has 0 N–H and O–H groups in total. The summed E-state index contributed by atoms with van der Waals surface area (Å²) in [6.07, 6.45) is 0. The predicted octanol–water partition coefficient (Wildman–Crippen LogP) is 1.55. The Bertz CT molecular complexity index is 501. The van der Waals surface area contributed by atoms with E-state index in [-0.39, 0.29) is 12.4 Å². The molecule has 0 amide bonds. The third-order valence-corrected chi connectivity index (χ3v) is 4.12. The van der Waals surface area contributed by atoms with Gasteiger partial charge in [0, 0.05) is 5.56 Å². The molecule has 2 heteroatoms. The average Bonchev–Trinajstić information content (AvgIpc) is 2.47. The lowest BCUT2D eigenvalue weighted by atomic mass is 10.1. The summed E-state index contributed by atoms with van der Waals surface area (Å²) in [6.45, 7) is 10.0. The van der Waals surface area contributed by atoms with E-state index in [1.165, 1.54) is 16.8 Å². The molecule has 0 aromatic heterocycles. The molecule has 108 valence electrons. The molecule has 0 saturated carbocycles. The van der Waals surface area contributed by atoms with Gasteiger partial charge < -0.3 is 12.4 Å². The Balaban J connectivity index is 0.00000200. The van der Waals surface area contributed by atoms with E-state index in [9.17, 15) is 0 Å². The topological polar surface area (TPSA) is 0 Å². The van der Waals surface area contributed by atoms with Crippen molar-refractivity contribution in [2.24, 2.45) is 0 Å². The highest BCUT2D eigenvalue weighted by molar-refractivity contribution is 5.44. The predicted molar refractivity (Wildman–Crippen MR) is 84.2 cm³/mol. The minimum Gasteiger partial charge on any atom is -1.00 e. The van der Waals surface area contributed by atoms with E-state index in [1.54, 1.807) is 0 Å². The number of halogens is 1. The highest BCUT2D eigenvalue weighted by Gasteiger charge is 2.26. The van der Waals surface area contributed by atoms with Gasteiger partial charge in [-0.2, -0.15) is 0 Å². The van der Waals surface area contributed by atoms with Crippen LogP contribution in [-0.2, 0) is 6.54 Å². The first kappa shape index (κ1) is 16.7. The van der Waals surface area contributed by atoms with Gasteiger partial charge >= 0.3 is 0 Å². The van der Waals surface area contributed by atoms with Crippen LogP contribution >= 0.6 is 0 Å². The van der Waals surface area contributed by atoms with Gasteiger partial charge in [0.2, 0.25) is 0 Å². The van der Waals surface area contributed by atoms with Crippen LogP contribution in [0.5, 0.6) is 0 Å². The normalized spacial score (nSPS) is 10.9. The maximum atomic E-state index is 2.28. The van der Waals surface area contributed by atoms with Crippen LogP contribution in [0, 0.1) is 6.92 Å². The highest BCUT2D eigenvalue weighted by Crippen LogP contribution is 2.26. The van der Waals surface area contributed by atoms with Gasteiger partial charge in [0.15, 0.2) is 0 Å². The molecule has 0 fully saturated rings. The number of nitrogens with zero attached hydrogens (tertiary/aromatic N) is 1. The van der Waals surface area contributed by atoms with Crippen molar-refractivity contribution in [1.82, 2.24) is 4.48 Å². The second kappa shape index (κ2) is 7.47. The molecular formula is C18H24ClN. The molecule has 2 aromatic carbocycles. The largest absolute Gasteiger partial charge is 1.00 e. The van der Waals surface area contributed by atoms with Crippen LogP contribution in [-0.4, -0.2) is 13.1 Å². The summed E-state index contributed by atoms with van der Waals surface area (Å²) >= 11 is 0. The fourth-order valence-corrected chi connectivity index (χ4v) is 2.70. The fraction of sp³-hybridized carbons (Fsp3) is 0.333. The SMILES string of the molecule is CC[N+](CC)(Cc1ccccc1)c1ccc(C)cc1.[Cl-].